The summed E-state index contributed by atoms with van der Waals surface area (Å²) in [6.07, 6.45) is 1.23. The number of hydrogen-bond acceptors (Lipinski definition) is 4. The lowest BCUT2D eigenvalue weighted by Crippen LogP contribution is -2.24. The number of rotatable bonds is 5. The van der Waals surface area contributed by atoms with Gasteiger partial charge in [-0.25, -0.2) is 13.6 Å². The van der Waals surface area contributed by atoms with Gasteiger partial charge in [0.05, 0.1) is 23.9 Å². The fourth-order valence-electron chi connectivity index (χ4n) is 2.89. The molecule has 0 atom stereocenters. The van der Waals surface area contributed by atoms with Crippen LogP contribution in [0, 0.1) is 23.0 Å². The summed E-state index contributed by atoms with van der Waals surface area (Å²) in [7, 11) is 0. The molecular formula is C22H14F2N4O2. The average Bonchev–Trinajstić information content (AvgIpc) is 3.12. The second-order valence-corrected chi connectivity index (χ2v) is 6.39. The molecule has 1 aromatic heterocycles. The van der Waals surface area contributed by atoms with Crippen LogP contribution >= 0.6 is 0 Å². The van der Waals surface area contributed by atoms with E-state index in [0.29, 0.717) is 22.7 Å². The van der Waals surface area contributed by atoms with Crippen LogP contribution in [0.4, 0.5) is 8.78 Å². The normalized spacial score (nSPS) is 10.6. The fourth-order valence-corrected chi connectivity index (χ4v) is 2.89. The van der Waals surface area contributed by atoms with Gasteiger partial charge in [0.2, 0.25) is 0 Å². The van der Waals surface area contributed by atoms with Gasteiger partial charge in [-0.1, -0.05) is 12.1 Å². The third-order valence-corrected chi connectivity index (χ3v) is 4.40. The summed E-state index contributed by atoms with van der Waals surface area (Å²) in [5.41, 5.74) is 0.203. The SMILES string of the molecule is N#Cc1cccc(Oc2ccc(-n3ncn(Cc4c(F)cccc4F)c3=O)cc2)c1. The van der Waals surface area contributed by atoms with Gasteiger partial charge in [-0.2, -0.15) is 15.0 Å². The Morgan fingerprint density at radius 2 is 1.67 bits per heavy atom. The molecule has 0 spiro atoms. The second kappa shape index (κ2) is 8.01. The minimum absolute atomic E-state index is 0.206. The Bertz CT molecular complexity index is 1280. The van der Waals surface area contributed by atoms with Crippen molar-refractivity contribution in [2.24, 2.45) is 0 Å². The smallest absolute Gasteiger partial charge is 0.350 e. The van der Waals surface area contributed by atoms with E-state index in [-0.39, 0.29) is 12.1 Å². The molecule has 3 aromatic carbocycles. The minimum atomic E-state index is -0.725. The molecule has 4 aromatic rings. The van der Waals surface area contributed by atoms with Crippen LogP contribution in [0.15, 0.2) is 77.9 Å². The molecule has 0 aliphatic rings. The summed E-state index contributed by atoms with van der Waals surface area (Å²) in [5, 5.41) is 13.0. The van der Waals surface area contributed by atoms with E-state index < -0.39 is 17.3 Å². The van der Waals surface area contributed by atoms with Crippen molar-refractivity contribution in [2.45, 2.75) is 6.54 Å². The molecule has 0 aliphatic carbocycles. The highest BCUT2D eigenvalue weighted by Crippen LogP contribution is 2.23. The number of hydrogen-bond donors (Lipinski definition) is 0. The summed E-state index contributed by atoms with van der Waals surface area (Å²) < 4.78 is 35.7. The van der Waals surface area contributed by atoms with Crippen LogP contribution in [0.3, 0.4) is 0 Å². The highest BCUT2D eigenvalue weighted by atomic mass is 19.1. The van der Waals surface area contributed by atoms with Gasteiger partial charge in [0.15, 0.2) is 0 Å². The summed E-state index contributed by atoms with van der Waals surface area (Å²) >= 11 is 0. The van der Waals surface area contributed by atoms with E-state index in [1.54, 1.807) is 48.5 Å². The molecular weight excluding hydrogens is 390 g/mol. The van der Waals surface area contributed by atoms with Gasteiger partial charge in [0.25, 0.3) is 0 Å². The van der Waals surface area contributed by atoms with Gasteiger partial charge in [-0.15, -0.1) is 0 Å². The van der Waals surface area contributed by atoms with Crippen LogP contribution in [0.1, 0.15) is 11.1 Å². The average molecular weight is 404 g/mol. The molecule has 30 heavy (non-hydrogen) atoms. The predicted molar refractivity (Wildman–Crippen MR) is 105 cm³/mol. The second-order valence-electron chi connectivity index (χ2n) is 6.39. The quantitative estimate of drug-likeness (QED) is 0.504. The zero-order valence-corrected chi connectivity index (χ0v) is 15.5. The first-order valence-corrected chi connectivity index (χ1v) is 8.91. The monoisotopic (exact) mass is 404 g/mol. The summed E-state index contributed by atoms with van der Waals surface area (Å²) in [6.45, 7) is -0.270. The first kappa shape index (κ1) is 19.1. The van der Waals surface area contributed by atoms with E-state index in [1.807, 2.05) is 6.07 Å². The number of nitrogens with zero attached hydrogens (tertiary/aromatic N) is 4. The standard InChI is InChI=1S/C22H14F2N4O2/c23-20-5-2-6-21(24)19(20)13-27-14-26-28(22(27)29)16-7-9-17(10-8-16)30-18-4-1-3-15(11-18)12-25/h1-11,14H,13H2. The Morgan fingerprint density at radius 1 is 0.967 bits per heavy atom. The van der Waals surface area contributed by atoms with E-state index in [4.69, 9.17) is 10.00 Å². The predicted octanol–water partition coefficient (Wildman–Crippen LogP) is 4.02. The molecule has 0 unspecified atom stereocenters. The molecule has 0 aliphatic heterocycles. The maximum Gasteiger partial charge on any atom is 0.350 e. The lowest BCUT2D eigenvalue weighted by molar-refractivity contribution is 0.482. The molecule has 4 rings (SSSR count). The van der Waals surface area contributed by atoms with Crippen LogP contribution in [-0.2, 0) is 6.54 Å². The molecule has 148 valence electrons. The van der Waals surface area contributed by atoms with Crippen molar-refractivity contribution in [2.75, 3.05) is 0 Å². The van der Waals surface area contributed by atoms with Crippen LogP contribution < -0.4 is 10.4 Å². The van der Waals surface area contributed by atoms with Gasteiger partial charge in [-0.05, 0) is 54.6 Å². The van der Waals surface area contributed by atoms with E-state index in [9.17, 15) is 13.6 Å². The molecule has 0 amide bonds. The maximum absolute atomic E-state index is 13.9. The number of nitriles is 1. The number of aromatic nitrogens is 3. The van der Waals surface area contributed by atoms with E-state index in [0.717, 1.165) is 21.4 Å². The largest absolute Gasteiger partial charge is 0.457 e. The Morgan fingerprint density at radius 3 is 2.37 bits per heavy atom. The van der Waals surface area contributed by atoms with Crippen LogP contribution in [0.2, 0.25) is 0 Å². The van der Waals surface area contributed by atoms with Crippen molar-refractivity contribution < 1.29 is 13.5 Å². The Kier molecular flexibility index (Phi) is 5.09. The Balaban J connectivity index is 1.55. The molecule has 0 saturated heterocycles. The summed E-state index contributed by atoms with van der Waals surface area (Å²) in [4.78, 5) is 12.6. The molecule has 1 heterocycles. The summed E-state index contributed by atoms with van der Waals surface area (Å²) in [5.74, 6) is -0.432. The Labute approximate surface area is 169 Å². The van der Waals surface area contributed by atoms with Crippen molar-refractivity contribution in [3.8, 4) is 23.3 Å². The molecule has 0 radical (unpaired) electrons. The van der Waals surface area contributed by atoms with Gasteiger partial charge in [0, 0.05) is 5.56 Å². The molecule has 0 N–H and O–H groups in total. The van der Waals surface area contributed by atoms with E-state index in [2.05, 4.69) is 5.10 Å². The van der Waals surface area contributed by atoms with Crippen LogP contribution in [0.25, 0.3) is 5.69 Å². The van der Waals surface area contributed by atoms with Crippen LogP contribution in [-0.4, -0.2) is 14.3 Å². The Hall–Kier alpha value is -4.25. The number of ether oxygens (including phenoxy) is 1. The van der Waals surface area contributed by atoms with Crippen LogP contribution in [0.5, 0.6) is 11.5 Å². The van der Waals surface area contributed by atoms with Crippen molar-refractivity contribution in [1.29, 1.82) is 5.26 Å². The molecule has 0 fully saturated rings. The number of halogens is 2. The maximum atomic E-state index is 13.9. The zero-order chi connectivity index (χ0) is 21.1. The summed E-state index contributed by atoms with van der Waals surface area (Å²) in [6, 6.07) is 18.9. The lowest BCUT2D eigenvalue weighted by Gasteiger charge is -2.07. The lowest BCUT2D eigenvalue weighted by atomic mass is 10.2. The topological polar surface area (TPSA) is 72.8 Å². The minimum Gasteiger partial charge on any atom is -0.457 e. The highest BCUT2D eigenvalue weighted by molar-refractivity contribution is 5.41. The first-order chi connectivity index (χ1) is 14.5. The van der Waals surface area contributed by atoms with Gasteiger partial charge in [-0.3, -0.25) is 4.57 Å². The fraction of sp³-hybridized carbons (Fsp3) is 0.0455. The van der Waals surface area contributed by atoms with Crippen molar-refractivity contribution in [1.82, 2.24) is 14.3 Å². The molecule has 6 nitrogen and oxygen atoms in total. The molecule has 0 bridgehead atoms. The van der Waals surface area contributed by atoms with Gasteiger partial charge in [0.1, 0.15) is 29.5 Å². The first-order valence-electron chi connectivity index (χ1n) is 8.91. The number of benzene rings is 3. The van der Waals surface area contributed by atoms with Crippen molar-refractivity contribution >= 4 is 0 Å². The molecule has 8 heteroatoms. The third-order valence-electron chi connectivity index (χ3n) is 4.40. The van der Waals surface area contributed by atoms with E-state index >= 15 is 0 Å². The van der Waals surface area contributed by atoms with E-state index in [1.165, 1.54) is 12.4 Å². The van der Waals surface area contributed by atoms with Crippen molar-refractivity contribution in [3.05, 3.63) is 106 Å². The highest BCUT2D eigenvalue weighted by Gasteiger charge is 2.13. The van der Waals surface area contributed by atoms with Gasteiger partial charge >= 0.3 is 5.69 Å². The van der Waals surface area contributed by atoms with Crippen molar-refractivity contribution in [3.63, 3.8) is 0 Å². The molecule has 0 saturated carbocycles. The third kappa shape index (κ3) is 3.82. The zero-order valence-electron chi connectivity index (χ0n) is 15.5. The van der Waals surface area contributed by atoms with Gasteiger partial charge < -0.3 is 4.74 Å².